The highest BCUT2D eigenvalue weighted by atomic mass is 16.6. The lowest BCUT2D eigenvalue weighted by atomic mass is 9.72. The number of carbonyl (C=O) groups is 2. The van der Waals surface area contributed by atoms with Crippen LogP contribution in [0.4, 0.5) is 0 Å². The lowest BCUT2D eigenvalue weighted by molar-refractivity contribution is -0.162. The summed E-state index contributed by atoms with van der Waals surface area (Å²) in [5.74, 6) is -0.435. The van der Waals surface area contributed by atoms with E-state index in [-0.39, 0.29) is 89.0 Å². The van der Waals surface area contributed by atoms with Gasteiger partial charge in [0.15, 0.2) is 0 Å². The molecular formula is C29H70O5. The Morgan fingerprint density at radius 1 is 0.824 bits per heavy atom. The summed E-state index contributed by atoms with van der Waals surface area (Å²) in [7, 11) is 1.43. The van der Waals surface area contributed by atoms with E-state index in [2.05, 4.69) is 20.8 Å². The standard InChI is InChI=1S/C21H38O5.8CH4/c1-9-19(3,4)10-12-21(7,18(23)24-8)13-11-20(5,6)17(22)26-15(2)16-14-25-16;;;;;;;;/h15-16H,9-14H2,1-8H3;8*1H4. The second kappa shape index (κ2) is 21.2. The van der Waals surface area contributed by atoms with Gasteiger partial charge in [-0.05, 0) is 58.8 Å². The quantitative estimate of drug-likeness (QED) is 0.209. The number of ether oxygens (including phenoxy) is 3. The molecule has 1 rings (SSSR count). The van der Waals surface area contributed by atoms with Crippen molar-refractivity contribution >= 4 is 11.9 Å². The highest BCUT2D eigenvalue weighted by molar-refractivity contribution is 5.77. The van der Waals surface area contributed by atoms with Crippen LogP contribution in [-0.4, -0.2) is 37.9 Å². The van der Waals surface area contributed by atoms with Crippen LogP contribution in [0.2, 0.25) is 0 Å². The number of hydrogen-bond donors (Lipinski definition) is 0. The van der Waals surface area contributed by atoms with E-state index in [0.29, 0.717) is 19.4 Å². The minimum Gasteiger partial charge on any atom is -0.469 e. The summed E-state index contributed by atoms with van der Waals surface area (Å²) < 4.78 is 15.8. The van der Waals surface area contributed by atoms with Gasteiger partial charge in [0.05, 0.1) is 24.5 Å². The summed E-state index contributed by atoms with van der Waals surface area (Å²) in [5, 5.41) is 0. The van der Waals surface area contributed by atoms with Crippen molar-refractivity contribution in [3.05, 3.63) is 0 Å². The number of esters is 2. The smallest absolute Gasteiger partial charge is 0.311 e. The molecule has 0 N–H and O–H groups in total. The predicted octanol–water partition coefficient (Wildman–Crippen LogP) is 9.61. The summed E-state index contributed by atoms with van der Waals surface area (Å²) >= 11 is 0. The van der Waals surface area contributed by atoms with Crippen molar-refractivity contribution < 1.29 is 23.8 Å². The lowest BCUT2D eigenvalue weighted by Crippen LogP contribution is -2.36. The Balaban J connectivity index is -0.000000141. The molecule has 0 spiro atoms. The first-order chi connectivity index (χ1) is 11.9. The van der Waals surface area contributed by atoms with Crippen LogP contribution in [0, 0.1) is 16.2 Å². The van der Waals surface area contributed by atoms with E-state index in [4.69, 9.17) is 14.2 Å². The molecular weight excluding hydrogens is 428 g/mol. The molecule has 5 heteroatoms. The fourth-order valence-corrected chi connectivity index (χ4v) is 2.79. The average Bonchev–Trinajstić information content (AvgIpc) is 3.42. The number of carbonyl (C=O) groups excluding carboxylic acids is 2. The summed E-state index contributed by atoms with van der Waals surface area (Å²) in [4.78, 5) is 25.0. The first-order valence-electron chi connectivity index (χ1n) is 9.78. The van der Waals surface area contributed by atoms with Crippen molar-refractivity contribution in [2.24, 2.45) is 16.2 Å². The third kappa shape index (κ3) is 16.5. The Kier molecular flexibility index (Phi) is 33.7. The molecule has 0 aromatic rings. The van der Waals surface area contributed by atoms with E-state index in [9.17, 15) is 9.59 Å². The van der Waals surface area contributed by atoms with E-state index < -0.39 is 10.8 Å². The average molecular weight is 499 g/mol. The van der Waals surface area contributed by atoms with Crippen molar-refractivity contribution in [3.63, 3.8) is 0 Å². The molecule has 0 amide bonds. The first-order valence-corrected chi connectivity index (χ1v) is 9.78. The van der Waals surface area contributed by atoms with Crippen LogP contribution in [0.3, 0.4) is 0 Å². The lowest BCUT2D eigenvalue weighted by Gasteiger charge is -2.34. The van der Waals surface area contributed by atoms with Crippen LogP contribution in [0.1, 0.15) is 140 Å². The van der Waals surface area contributed by atoms with Gasteiger partial charge in [0, 0.05) is 0 Å². The van der Waals surface area contributed by atoms with E-state index in [1.54, 1.807) is 0 Å². The Hall–Kier alpha value is -1.10. The molecule has 216 valence electrons. The molecule has 0 saturated carbocycles. The number of hydrogen-bond acceptors (Lipinski definition) is 5. The Bertz CT molecular complexity index is 495. The maximum atomic E-state index is 12.5. The Morgan fingerprint density at radius 2 is 1.24 bits per heavy atom. The molecule has 34 heavy (non-hydrogen) atoms. The zero-order valence-corrected chi connectivity index (χ0v) is 17.9. The predicted molar refractivity (Wildman–Crippen MR) is 156 cm³/mol. The van der Waals surface area contributed by atoms with Gasteiger partial charge >= 0.3 is 11.9 Å². The minimum atomic E-state index is -0.654. The maximum absolute atomic E-state index is 12.5. The molecule has 0 aliphatic carbocycles. The molecule has 0 aromatic heterocycles. The van der Waals surface area contributed by atoms with Crippen LogP contribution >= 0.6 is 0 Å². The van der Waals surface area contributed by atoms with E-state index in [1.807, 2.05) is 27.7 Å². The molecule has 1 heterocycles. The van der Waals surface area contributed by atoms with Gasteiger partial charge in [0.25, 0.3) is 0 Å². The molecule has 1 aliphatic rings. The Morgan fingerprint density at radius 3 is 1.59 bits per heavy atom. The Labute approximate surface area is 218 Å². The van der Waals surface area contributed by atoms with Crippen molar-refractivity contribution in [2.45, 2.75) is 152 Å². The monoisotopic (exact) mass is 499 g/mol. The van der Waals surface area contributed by atoms with Gasteiger partial charge in [-0.2, -0.15) is 0 Å². The van der Waals surface area contributed by atoms with Crippen LogP contribution in [0.5, 0.6) is 0 Å². The molecule has 5 nitrogen and oxygen atoms in total. The largest absolute Gasteiger partial charge is 0.469 e. The van der Waals surface area contributed by atoms with Gasteiger partial charge in [0.1, 0.15) is 12.2 Å². The van der Waals surface area contributed by atoms with Crippen molar-refractivity contribution in [1.82, 2.24) is 0 Å². The normalized spacial score (nSPS) is 15.9. The molecule has 1 aliphatic heterocycles. The van der Waals surface area contributed by atoms with Crippen LogP contribution in [-0.2, 0) is 23.8 Å². The third-order valence-corrected chi connectivity index (χ3v) is 6.02. The third-order valence-electron chi connectivity index (χ3n) is 6.02. The zero-order valence-electron chi connectivity index (χ0n) is 17.9. The van der Waals surface area contributed by atoms with Crippen LogP contribution in [0.25, 0.3) is 0 Å². The van der Waals surface area contributed by atoms with E-state index in [0.717, 1.165) is 19.3 Å². The molecule has 1 saturated heterocycles. The fourth-order valence-electron chi connectivity index (χ4n) is 2.79. The van der Waals surface area contributed by atoms with Gasteiger partial charge in [-0.25, -0.2) is 0 Å². The molecule has 1 fully saturated rings. The maximum Gasteiger partial charge on any atom is 0.311 e. The molecule has 3 atom stereocenters. The molecule has 3 unspecified atom stereocenters. The number of rotatable bonds is 11. The summed E-state index contributed by atoms with van der Waals surface area (Å²) in [6, 6.07) is 0. The summed E-state index contributed by atoms with van der Waals surface area (Å²) in [5.41, 5.74) is -1.06. The molecule has 0 bridgehead atoms. The first kappa shape index (κ1) is 54.0. The van der Waals surface area contributed by atoms with Gasteiger partial charge < -0.3 is 14.2 Å². The van der Waals surface area contributed by atoms with Gasteiger partial charge in [-0.1, -0.05) is 86.6 Å². The SMILES string of the molecule is C.C.C.C.C.C.C.C.CCC(C)(C)CCC(C)(CCC(C)(C)C(=O)OC(C)C1CO1)C(=O)OC. The second-order valence-electron chi connectivity index (χ2n) is 9.44. The van der Waals surface area contributed by atoms with E-state index >= 15 is 0 Å². The van der Waals surface area contributed by atoms with Crippen molar-refractivity contribution in [2.75, 3.05) is 13.7 Å². The number of methoxy groups -OCH3 is 1. The van der Waals surface area contributed by atoms with Gasteiger partial charge in [-0.3, -0.25) is 9.59 Å². The summed E-state index contributed by atoms with van der Waals surface area (Å²) in [6.45, 7) is 14.8. The van der Waals surface area contributed by atoms with Crippen molar-refractivity contribution in [1.29, 1.82) is 0 Å². The molecule has 0 radical (unpaired) electrons. The van der Waals surface area contributed by atoms with E-state index in [1.165, 1.54) is 7.11 Å². The van der Waals surface area contributed by atoms with Crippen LogP contribution < -0.4 is 0 Å². The minimum absolute atomic E-state index is 0. The highest BCUT2D eigenvalue weighted by Gasteiger charge is 2.41. The van der Waals surface area contributed by atoms with Gasteiger partial charge in [0.2, 0.25) is 0 Å². The highest BCUT2D eigenvalue weighted by Crippen LogP contribution is 2.40. The van der Waals surface area contributed by atoms with Crippen LogP contribution in [0.15, 0.2) is 0 Å². The van der Waals surface area contributed by atoms with Gasteiger partial charge in [-0.15, -0.1) is 0 Å². The fraction of sp³-hybridized carbons (Fsp3) is 0.931. The zero-order chi connectivity index (χ0) is 20.2. The second-order valence-corrected chi connectivity index (χ2v) is 9.44. The van der Waals surface area contributed by atoms with Crippen molar-refractivity contribution in [3.8, 4) is 0 Å². The topological polar surface area (TPSA) is 65.1 Å². The number of epoxide rings is 1. The molecule has 0 aromatic carbocycles. The summed E-state index contributed by atoms with van der Waals surface area (Å²) in [6.07, 6.45) is 3.72.